The van der Waals surface area contributed by atoms with E-state index in [2.05, 4.69) is 25.4 Å². The number of rotatable bonds is 4. The highest BCUT2D eigenvalue weighted by atomic mass is 19.1. The van der Waals surface area contributed by atoms with Crippen molar-refractivity contribution in [3.63, 3.8) is 0 Å². The lowest BCUT2D eigenvalue weighted by Gasteiger charge is -2.46. The molecule has 1 amide bonds. The summed E-state index contributed by atoms with van der Waals surface area (Å²) in [5.74, 6) is 0.0567. The van der Waals surface area contributed by atoms with E-state index in [0.717, 1.165) is 12.1 Å². The Kier molecular flexibility index (Phi) is 6.00. The standard InChI is InChI=1S/C23H23FN8O2/c1-15-18(5-6-20(24)19(15)10-25)21-12-30-7-8-31(11-17(30)13-34-21)23(33)9-16-3-2-4-22(27-16)32-14-26-28-29-32/h2-6,14,17,21H,7-9,11-13H2,1H3/t17-,21+/m1/s1. The van der Waals surface area contributed by atoms with Gasteiger partial charge in [0, 0.05) is 26.2 Å². The number of carbonyl (C=O) groups is 1. The number of amides is 1. The quantitative estimate of drug-likeness (QED) is 0.569. The number of piperazine rings is 1. The zero-order valence-corrected chi connectivity index (χ0v) is 18.6. The number of tetrazole rings is 1. The van der Waals surface area contributed by atoms with Crippen LogP contribution < -0.4 is 0 Å². The highest BCUT2D eigenvalue weighted by Gasteiger charge is 2.36. The summed E-state index contributed by atoms with van der Waals surface area (Å²) in [6.45, 7) is 4.76. The molecule has 2 fully saturated rings. The Balaban J connectivity index is 1.22. The van der Waals surface area contributed by atoms with Gasteiger partial charge in [-0.3, -0.25) is 9.69 Å². The van der Waals surface area contributed by atoms with Gasteiger partial charge in [-0.15, -0.1) is 5.10 Å². The maximum atomic E-state index is 13.9. The molecule has 2 saturated heterocycles. The van der Waals surface area contributed by atoms with E-state index >= 15 is 0 Å². The molecule has 2 aliphatic rings. The molecule has 3 aromatic rings. The van der Waals surface area contributed by atoms with Crippen LogP contribution in [-0.4, -0.2) is 79.7 Å². The lowest BCUT2D eigenvalue weighted by molar-refractivity contribution is -0.139. The van der Waals surface area contributed by atoms with Crippen LogP contribution in [0.1, 0.15) is 28.5 Å². The molecule has 0 unspecified atom stereocenters. The molecule has 0 saturated carbocycles. The maximum Gasteiger partial charge on any atom is 0.228 e. The molecule has 4 heterocycles. The van der Waals surface area contributed by atoms with Crippen molar-refractivity contribution < 1.29 is 13.9 Å². The molecule has 0 radical (unpaired) electrons. The van der Waals surface area contributed by atoms with E-state index in [4.69, 9.17) is 4.74 Å². The van der Waals surface area contributed by atoms with Gasteiger partial charge < -0.3 is 9.64 Å². The summed E-state index contributed by atoms with van der Waals surface area (Å²) in [7, 11) is 0. The maximum absolute atomic E-state index is 13.9. The first-order valence-electron chi connectivity index (χ1n) is 11.1. The molecule has 2 aliphatic heterocycles. The molecule has 10 nitrogen and oxygen atoms in total. The number of hydrogen-bond donors (Lipinski definition) is 0. The van der Waals surface area contributed by atoms with Crippen molar-refractivity contribution in [3.05, 3.63) is 64.9 Å². The Morgan fingerprint density at radius 1 is 1.26 bits per heavy atom. The molecule has 174 valence electrons. The summed E-state index contributed by atoms with van der Waals surface area (Å²) >= 11 is 0. The van der Waals surface area contributed by atoms with Gasteiger partial charge in [-0.05, 0) is 46.7 Å². The Morgan fingerprint density at radius 3 is 2.94 bits per heavy atom. The fourth-order valence-electron chi connectivity index (χ4n) is 4.61. The number of nitrogens with zero attached hydrogens (tertiary/aromatic N) is 8. The summed E-state index contributed by atoms with van der Waals surface area (Å²) in [5.41, 5.74) is 2.18. The Morgan fingerprint density at radius 2 is 2.15 bits per heavy atom. The van der Waals surface area contributed by atoms with E-state index in [1.165, 1.54) is 17.1 Å². The molecule has 2 aromatic heterocycles. The fourth-order valence-corrected chi connectivity index (χ4v) is 4.61. The molecular weight excluding hydrogens is 439 g/mol. The Bertz CT molecular complexity index is 1240. The molecule has 0 bridgehead atoms. The number of morpholine rings is 1. The largest absolute Gasteiger partial charge is 0.370 e. The van der Waals surface area contributed by atoms with Crippen LogP contribution in [0.4, 0.5) is 4.39 Å². The number of nitriles is 1. The average molecular weight is 462 g/mol. The van der Waals surface area contributed by atoms with Gasteiger partial charge >= 0.3 is 0 Å². The zero-order chi connectivity index (χ0) is 23.7. The second-order valence-electron chi connectivity index (χ2n) is 8.48. The topological polar surface area (TPSA) is 113 Å². The van der Waals surface area contributed by atoms with E-state index in [9.17, 15) is 14.4 Å². The molecule has 1 aromatic carbocycles. The number of pyridine rings is 1. The van der Waals surface area contributed by atoms with E-state index in [1.54, 1.807) is 19.1 Å². The highest BCUT2D eigenvalue weighted by Crippen LogP contribution is 2.31. The van der Waals surface area contributed by atoms with Crippen LogP contribution >= 0.6 is 0 Å². The predicted molar refractivity (Wildman–Crippen MR) is 117 cm³/mol. The first kappa shape index (κ1) is 22.1. The minimum atomic E-state index is -0.512. The number of fused-ring (bicyclic) bond motifs is 1. The van der Waals surface area contributed by atoms with Crippen molar-refractivity contribution in [1.82, 2.24) is 35.0 Å². The van der Waals surface area contributed by atoms with Crippen molar-refractivity contribution in [1.29, 1.82) is 5.26 Å². The molecule has 11 heteroatoms. The van der Waals surface area contributed by atoms with Crippen LogP contribution in [0, 0.1) is 24.1 Å². The lowest BCUT2D eigenvalue weighted by atomic mass is 9.96. The minimum Gasteiger partial charge on any atom is -0.370 e. The number of hydrogen-bond acceptors (Lipinski definition) is 8. The van der Waals surface area contributed by atoms with Crippen LogP contribution in [0.25, 0.3) is 5.82 Å². The number of ether oxygens (including phenoxy) is 1. The van der Waals surface area contributed by atoms with Crippen LogP contribution in [0.15, 0.2) is 36.7 Å². The number of benzene rings is 1. The summed E-state index contributed by atoms with van der Waals surface area (Å²) in [6, 6.07) is 10.5. The molecule has 0 aliphatic carbocycles. The van der Waals surface area contributed by atoms with Crippen LogP contribution in [-0.2, 0) is 16.0 Å². The molecule has 0 spiro atoms. The van der Waals surface area contributed by atoms with Crippen molar-refractivity contribution in [2.24, 2.45) is 0 Å². The Hall–Kier alpha value is -3.75. The number of halogens is 1. The normalized spacial score (nSPS) is 20.6. The minimum absolute atomic E-state index is 0.0104. The van der Waals surface area contributed by atoms with Crippen molar-refractivity contribution >= 4 is 5.91 Å². The van der Waals surface area contributed by atoms with Gasteiger partial charge in [0.25, 0.3) is 0 Å². The first-order chi connectivity index (χ1) is 16.5. The third kappa shape index (κ3) is 4.25. The predicted octanol–water partition coefficient (Wildman–Crippen LogP) is 1.20. The zero-order valence-electron chi connectivity index (χ0n) is 18.6. The van der Waals surface area contributed by atoms with Crippen molar-refractivity contribution in [3.8, 4) is 11.9 Å². The highest BCUT2D eigenvalue weighted by molar-refractivity contribution is 5.78. The molecule has 0 N–H and O–H groups in total. The molecule has 34 heavy (non-hydrogen) atoms. The number of carbonyl (C=O) groups excluding carboxylic acids is 1. The van der Waals surface area contributed by atoms with Crippen molar-refractivity contribution in [2.45, 2.75) is 25.5 Å². The van der Waals surface area contributed by atoms with Gasteiger partial charge in [0.05, 0.1) is 36.4 Å². The summed E-state index contributed by atoms with van der Waals surface area (Å²) in [6.07, 6.45) is 1.42. The van der Waals surface area contributed by atoms with Gasteiger partial charge in [0.15, 0.2) is 5.82 Å². The van der Waals surface area contributed by atoms with E-state index in [-0.39, 0.29) is 30.0 Å². The Labute approximate surface area is 195 Å². The van der Waals surface area contributed by atoms with Gasteiger partial charge in [0.2, 0.25) is 5.91 Å². The van der Waals surface area contributed by atoms with Gasteiger partial charge in [0.1, 0.15) is 18.2 Å². The third-order valence-electron chi connectivity index (χ3n) is 6.47. The molecular formula is C23H23FN8O2. The van der Waals surface area contributed by atoms with Crippen LogP contribution in [0.2, 0.25) is 0 Å². The van der Waals surface area contributed by atoms with E-state index in [1.807, 2.05) is 23.1 Å². The number of aromatic nitrogens is 5. The monoisotopic (exact) mass is 462 g/mol. The summed E-state index contributed by atoms with van der Waals surface area (Å²) in [4.78, 5) is 21.6. The third-order valence-corrected chi connectivity index (χ3v) is 6.47. The fraction of sp³-hybridized carbons (Fsp3) is 0.391. The van der Waals surface area contributed by atoms with Gasteiger partial charge in [-0.25, -0.2) is 9.37 Å². The lowest BCUT2D eigenvalue weighted by Crippen LogP contribution is -2.59. The first-order valence-corrected chi connectivity index (χ1v) is 11.1. The van der Waals surface area contributed by atoms with E-state index in [0.29, 0.717) is 43.3 Å². The van der Waals surface area contributed by atoms with Crippen molar-refractivity contribution in [2.75, 3.05) is 32.8 Å². The van der Waals surface area contributed by atoms with Crippen LogP contribution in [0.3, 0.4) is 0 Å². The van der Waals surface area contributed by atoms with Gasteiger partial charge in [-0.2, -0.15) is 9.94 Å². The average Bonchev–Trinajstić information content (AvgIpc) is 3.39. The summed E-state index contributed by atoms with van der Waals surface area (Å²) < 4.78 is 21.5. The SMILES string of the molecule is Cc1c([C@@H]2CN3CCN(C(=O)Cc4cccc(-n5cnnn5)n4)C[C@@H]3CO2)ccc(F)c1C#N. The molecule has 2 atom stereocenters. The van der Waals surface area contributed by atoms with Gasteiger partial charge in [-0.1, -0.05) is 12.1 Å². The summed E-state index contributed by atoms with van der Waals surface area (Å²) in [5, 5.41) is 20.3. The van der Waals surface area contributed by atoms with Crippen LogP contribution in [0.5, 0.6) is 0 Å². The molecule has 5 rings (SSSR count). The second-order valence-corrected chi connectivity index (χ2v) is 8.48. The van der Waals surface area contributed by atoms with E-state index < -0.39 is 5.82 Å². The second kappa shape index (κ2) is 9.24. The smallest absolute Gasteiger partial charge is 0.228 e.